The van der Waals surface area contributed by atoms with Crippen LogP contribution in [0.5, 0.6) is 0 Å². The van der Waals surface area contributed by atoms with E-state index in [-0.39, 0.29) is 30.5 Å². The normalized spacial score (nSPS) is 11.0. The highest BCUT2D eigenvalue weighted by Crippen LogP contribution is 2.15. The predicted octanol–water partition coefficient (Wildman–Crippen LogP) is 3.18. The maximum atomic E-state index is 12.8. The highest BCUT2D eigenvalue weighted by molar-refractivity contribution is 5.99. The van der Waals surface area contributed by atoms with Gasteiger partial charge in [-0.05, 0) is 30.3 Å². The lowest BCUT2D eigenvalue weighted by atomic mass is 10.2. The molecule has 132 valence electrons. The van der Waals surface area contributed by atoms with E-state index in [9.17, 15) is 14.0 Å². The maximum absolute atomic E-state index is 12.8. The maximum Gasteiger partial charge on any atom is 0.240 e. The summed E-state index contributed by atoms with van der Waals surface area (Å²) in [5.41, 5.74) is 4.72. The standard InChI is InChI=1S/C19H17FN4O2/c20-14-5-7-15(8-6-14)23-18(25)9-10-19(26)24-22-12-13-11-21-17-4-2-1-3-16(13)17/h1-8,11-12,21H,9-10H2,(H,23,25)(H,24,26)/b22-12-. The molecule has 1 heterocycles. The molecule has 6 nitrogen and oxygen atoms in total. The molecule has 2 amide bonds. The lowest BCUT2D eigenvalue weighted by Gasteiger charge is -2.04. The van der Waals surface area contributed by atoms with Gasteiger partial charge in [-0.15, -0.1) is 0 Å². The van der Waals surface area contributed by atoms with E-state index in [2.05, 4.69) is 20.8 Å². The number of H-pyrrole nitrogens is 1. The number of nitrogens with one attached hydrogen (secondary N) is 3. The van der Waals surface area contributed by atoms with Gasteiger partial charge in [-0.25, -0.2) is 9.82 Å². The van der Waals surface area contributed by atoms with Crippen molar-refractivity contribution in [3.05, 3.63) is 66.1 Å². The molecule has 2 aromatic carbocycles. The van der Waals surface area contributed by atoms with Crippen LogP contribution in [0, 0.1) is 5.82 Å². The molecule has 0 unspecified atom stereocenters. The lowest BCUT2D eigenvalue weighted by molar-refractivity contribution is -0.124. The third-order valence-electron chi connectivity index (χ3n) is 3.72. The van der Waals surface area contributed by atoms with Gasteiger partial charge in [0.25, 0.3) is 0 Å². The molecule has 26 heavy (non-hydrogen) atoms. The molecule has 0 fully saturated rings. The molecule has 0 saturated carbocycles. The average Bonchev–Trinajstić information content (AvgIpc) is 3.05. The fourth-order valence-electron chi connectivity index (χ4n) is 2.41. The summed E-state index contributed by atoms with van der Waals surface area (Å²) in [5, 5.41) is 7.52. The molecule has 0 spiro atoms. The number of anilines is 1. The van der Waals surface area contributed by atoms with E-state index >= 15 is 0 Å². The Labute approximate surface area is 149 Å². The zero-order valence-electron chi connectivity index (χ0n) is 13.8. The third-order valence-corrected chi connectivity index (χ3v) is 3.72. The summed E-state index contributed by atoms with van der Waals surface area (Å²) in [4.78, 5) is 26.7. The first-order chi connectivity index (χ1) is 12.6. The Morgan fingerprint density at radius 3 is 2.58 bits per heavy atom. The number of aromatic amines is 1. The third kappa shape index (κ3) is 4.54. The van der Waals surface area contributed by atoms with Crippen molar-refractivity contribution < 1.29 is 14.0 Å². The number of hydrazone groups is 1. The Morgan fingerprint density at radius 2 is 1.77 bits per heavy atom. The molecule has 0 atom stereocenters. The van der Waals surface area contributed by atoms with Crippen LogP contribution in [0.2, 0.25) is 0 Å². The number of halogens is 1. The molecule has 0 saturated heterocycles. The second kappa shape index (κ2) is 8.06. The first kappa shape index (κ1) is 17.3. The fraction of sp³-hybridized carbons (Fsp3) is 0.105. The number of carbonyl (C=O) groups excluding carboxylic acids is 2. The molecule has 0 aliphatic heterocycles. The van der Waals surface area contributed by atoms with Crippen molar-refractivity contribution >= 4 is 34.6 Å². The molecule has 3 aromatic rings. The first-order valence-electron chi connectivity index (χ1n) is 8.05. The smallest absolute Gasteiger partial charge is 0.240 e. The van der Waals surface area contributed by atoms with E-state index in [0.717, 1.165) is 16.5 Å². The highest BCUT2D eigenvalue weighted by atomic mass is 19.1. The predicted molar refractivity (Wildman–Crippen MR) is 98.3 cm³/mol. The summed E-state index contributed by atoms with van der Waals surface area (Å²) in [6.07, 6.45) is 3.36. The molecular formula is C19H17FN4O2. The van der Waals surface area contributed by atoms with E-state index in [1.165, 1.54) is 24.3 Å². The number of benzene rings is 2. The Bertz CT molecular complexity index is 948. The van der Waals surface area contributed by atoms with Gasteiger partial charge < -0.3 is 10.3 Å². The molecular weight excluding hydrogens is 335 g/mol. The van der Waals surface area contributed by atoms with Gasteiger partial charge in [-0.1, -0.05) is 18.2 Å². The highest BCUT2D eigenvalue weighted by Gasteiger charge is 2.07. The monoisotopic (exact) mass is 352 g/mol. The Balaban J connectivity index is 1.45. The van der Waals surface area contributed by atoms with Crippen LogP contribution < -0.4 is 10.7 Å². The minimum Gasteiger partial charge on any atom is -0.361 e. The molecule has 0 bridgehead atoms. The largest absolute Gasteiger partial charge is 0.361 e. The quantitative estimate of drug-likeness (QED) is 0.470. The van der Waals surface area contributed by atoms with E-state index in [1.807, 2.05) is 24.3 Å². The summed E-state index contributed by atoms with van der Waals surface area (Å²) in [6.45, 7) is 0. The molecule has 7 heteroatoms. The first-order valence-corrected chi connectivity index (χ1v) is 8.05. The van der Waals surface area contributed by atoms with Crippen molar-refractivity contribution in [2.24, 2.45) is 5.10 Å². The fourth-order valence-corrected chi connectivity index (χ4v) is 2.41. The summed E-state index contributed by atoms with van der Waals surface area (Å²) >= 11 is 0. The van der Waals surface area contributed by atoms with Crippen molar-refractivity contribution in [3.63, 3.8) is 0 Å². The molecule has 1 aromatic heterocycles. The van der Waals surface area contributed by atoms with Crippen molar-refractivity contribution in [3.8, 4) is 0 Å². The second-order valence-corrected chi connectivity index (χ2v) is 5.64. The zero-order valence-corrected chi connectivity index (χ0v) is 13.8. The van der Waals surface area contributed by atoms with Gasteiger partial charge in [0.2, 0.25) is 11.8 Å². The molecule has 0 aliphatic rings. The summed E-state index contributed by atoms with van der Waals surface area (Å²) in [5.74, 6) is -1.07. The lowest BCUT2D eigenvalue weighted by Crippen LogP contribution is -2.20. The van der Waals surface area contributed by atoms with Crippen LogP contribution in [0.25, 0.3) is 10.9 Å². The van der Waals surface area contributed by atoms with Gasteiger partial charge in [0.05, 0.1) is 6.21 Å². The van der Waals surface area contributed by atoms with E-state index in [1.54, 1.807) is 12.4 Å². The van der Waals surface area contributed by atoms with Gasteiger partial charge in [-0.3, -0.25) is 9.59 Å². The molecule has 3 N–H and O–H groups in total. The number of nitrogens with zero attached hydrogens (tertiary/aromatic N) is 1. The van der Waals surface area contributed by atoms with E-state index in [4.69, 9.17) is 0 Å². The number of aromatic nitrogens is 1. The number of hydrogen-bond donors (Lipinski definition) is 3. The summed E-state index contributed by atoms with van der Waals surface area (Å²) in [6, 6.07) is 13.2. The van der Waals surface area contributed by atoms with Crippen LogP contribution in [-0.2, 0) is 9.59 Å². The molecule has 0 aliphatic carbocycles. The second-order valence-electron chi connectivity index (χ2n) is 5.64. The molecule has 3 rings (SSSR count). The topological polar surface area (TPSA) is 86.3 Å². The summed E-state index contributed by atoms with van der Waals surface area (Å²) < 4.78 is 12.8. The van der Waals surface area contributed by atoms with Crippen LogP contribution in [-0.4, -0.2) is 23.0 Å². The van der Waals surface area contributed by atoms with Crippen molar-refractivity contribution in [1.82, 2.24) is 10.4 Å². The summed E-state index contributed by atoms with van der Waals surface area (Å²) in [7, 11) is 0. The number of para-hydroxylation sites is 1. The number of hydrogen-bond acceptors (Lipinski definition) is 3. The van der Waals surface area contributed by atoms with Crippen molar-refractivity contribution in [1.29, 1.82) is 0 Å². The average molecular weight is 352 g/mol. The van der Waals surface area contributed by atoms with Crippen LogP contribution >= 0.6 is 0 Å². The number of carbonyl (C=O) groups is 2. The minimum atomic E-state index is -0.379. The van der Waals surface area contributed by atoms with Crippen LogP contribution in [0.1, 0.15) is 18.4 Å². The number of amides is 2. The van der Waals surface area contributed by atoms with Gasteiger partial charge >= 0.3 is 0 Å². The van der Waals surface area contributed by atoms with Crippen LogP contribution in [0.3, 0.4) is 0 Å². The van der Waals surface area contributed by atoms with Gasteiger partial charge in [0.1, 0.15) is 5.82 Å². The van der Waals surface area contributed by atoms with Crippen molar-refractivity contribution in [2.75, 3.05) is 5.32 Å². The van der Waals surface area contributed by atoms with E-state index in [0.29, 0.717) is 5.69 Å². The van der Waals surface area contributed by atoms with Crippen LogP contribution in [0.15, 0.2) is 59.8 Å². The van der Waals surface area contributed by atoms with Crippen LogP contribution in [0.4, 0.5) is 10.1 Å². The Morgan fingerprint density at radius 1 is 1.04 bits per heavy atom. The number of rotatable bonds is 6. The number of fused-ring (bicyclic) bond motifs is 1. The van der Waals surface area contributed by atoms with Gasteiger partial charge in [-0.2, -0.15) is 5.10 Å². The molecule has 0 radical (unpaired) electrons. The minimum absolute atomic E-state index is 0.00173. The Hall–Kier alpha value is -3.48. The Kier molecular flexibility index (Phi) is 5.38. The van der Waals surface area contributed by atoms with Crippen molar-refractivity contribution in [2.45, 2.75) is 12.8 Å². The SMILES string of the molecule is O=C(CCC(=O)Nc1ccc(F)cc1)N/N=C\c1c[nH]c2ccccc12. The van der Waals surface area contributed by atoms with Gasteiger partial charge in [0.15, 0.2) is 0 Å². The zero-order chi connectivity index (χ0) is 18.4. The van der Waals surface area contributed by atoms with Gasteiger partial charge in [0, 0.05) is 41.2 Å². The van der Waals surface area contributed by atoms with E-state index < -0.39 is 0 Å².